The first-order valence-corrected chi connectivity index (χ1v) is 10.7. The van der Waals surface area contributed by atoms with Crippen LogP contribution in [0.3, 0.4) is 0 Å². The largest absolute Gasteiger partial charge is 0.465 e. The van der Waals surface area contributed by atoms with Crippen LogP contribution in [0, 0.1) is 17.3 Å². The molecule has 1 saturated carbocycles. The number of amides is 2. The Hall–Kier alpha value is -2.69. The third-order valence-corrected chi connectivity index (χ3v) is 4.59. The standard InChI is InChI=1S/C22H36N2O9/c1-9-31-19(29)22(12-30-8)15(17(27)23-10-13(25)32-20(2,3)4)16(22)18(28)24-11-14(26)33-21(5,6)7/h15-16H,9-12H2,1-8H3,(H,23,27)(H,24,28)/t15-,16+,22?. The zero-order valence-corrected chi connectivity index (χ0v) is 20.7. The van der Waals surface area contributed by atoms with Crippen molar-refractivity contribution < 1.29 is 42.9 Å². The van der Waals surface area contributed by atoms with Crippen molar-refractivity contribution in [3.8, 4) is 0 Å². The number of hydrogen-bond acceptors (Lipinski definition) is 9. The Morgan fingerprint density at radius 3 is 1.48 bits per heavy atom. The molecule has 11 nitrogen and oxygen atoms in total. The molecule has 0 aromatic rings. The number of rotatable bonds is 10. The zero-order valence-electron chi connectivity index (χ0n) is 20.7. The van der Waals surface area contributed by atoms with Crippen LogP contribution in [0.15, 0.2) is 0 Å². The number of carbonyl (C=O) groups excluding carboxylic acids is 5. The van der Waals surface area contributed by atoms with E-state index in [-0.39, 0.29) is 13.2 Å². The van der Waals surface area contributed by atoms with Crippen LogP contribution in [0.25, 0.3) is 0 Å². The van der Waals surface area contributed by atoms with Crippen molar-refractivity contribution in [1.29, 1.82) is 0 Å². The molecule has 0 bridgehead atoms. The van der Waals surface area contributed by atoms with Gasteiger partial charge < -0.3 is 29.6 Å². The minimum absolute atomic E-state index is 0.0305. The highest BCUT2D eigenvalue weighted by Gasteiger charge is 2.76. The van der Waals surface area contributed by atoms with Gasteiger partial charge in [-0.05, 0) is 48.5 Å². The van der Waals surface area contributed by atoms with Crippen molar-refractivity contribution in [3.05, 3.63) is 0 Å². The van der Waals surface area contributed by atoms with E-state index in [1.54, 1.807) is 48.5 Å². The van der Waals surface area contributed by atoms with Gasteiger partial charge in [-0.3, -0.25) is 24.0 Å². The summed E-state index contributed by atoms with van der Waals surface area (Å²) in [6.07, 6.45) is 0. The molecule has 188 valence electrons. The van der Waals surface area contributed by atoms with Gasteiger partial charge in [-0.2, -0.15) is 0 Å². The molecule has 0 aromatic heterocycles. The highest BCUT2D eigenvalue weighted by molar-refractivity contribution is 6.04. The Bertz CT molecular complexity index is 715. The van der Waals surface area contributed by atoms with Gasteiger partial charge in [0.15, 0.2) is 0 Å². The average molecular weight is 473 g/mol. The van der Waals surface area contributed by atoms with Gasteiger partial charge in [0, 0.05) is 7.11 Å². The number of hydrogen-bond donors (Lipinski definition) is 2. The highest BCUT2D eigenvalue weighted by atomic mass is 16.6. The van der Waals surface area contributed by atoms with Gasteiger partial charge in [0.25, 0.3) is 0 Å². The molecule has 1 rings (SSSR count). The Morgan fingerprint density at radius 1 is 0.788 bits per heavy atom. The van der Waals surface area contributed by atoms with E-state index in [0.717, 1.165) is 0 Å². The van der Waals surface area contributed by atoms with Crippen molar-refractivity contribution in [2.75, 3.05) is 33.4 Å². The van der Waals surface area contributed by atoms with Crippen LogP contribution in [0.4, 0.5) is 0 Å². The lowest BCUT2D eigenvalue weighted by molar-refractivity contribution is -0.155. The molecule has 0 aromatic carbocycles. The van der Waals surface area contributed by atoms with Crippen LogP contribution in [-0.4, -0.2) is 74.3 Å². The molecule has 11 heteroatoms. The van der Waals surface area contributed by atoms with E-state index < -0.39 is 71.3 Å². The molecular weight excluding hydrogens is 436 g/mol. The number of methoxy groups -OCH3 is 1. The van der Waals surface area contributed by atoms with Gasteiger partial charge >= 0.3 is 17.9 Å². The summed E-state index contributed by atoms with van der Waals surface area (Å²) in [4.78, 5) is 62.4. The molecule has 0 spiro atoms. The van der Waals surface area contributed by atoms with Crippen LogP contribution in [0.2, 0.25) is 0 Å². The average Bonchev–Trinajstić information content (AvgIpc) is 3.32. The van der Waals surface area contributed by atoms with Crippen molar-refractivity contribution >= 4 is 29.7 Å². The minimum Gasteiger partial charge on any atom is -0.465 e. The van der Waals surface area contributed by atoms with E-state index >= 15 is 0 Å². The fourth-order valence-corrected chi connectivity index (χ4v) is 3.50. The second-order valence-corrected chi connectivity index (χ2v) is 9.76. The third kappa shape index (κ3) is 7.99. The predicted octanol–water partition coefficient (Wildman–Crippen LogP) is 0.344. The van der Waals surface area contributed by atoms with Crippen LogP contribution >= 0.6 is 0 Å². The molecule has 2 amide bonds. The van der Waals surface area contributed by atoms with Crippen LogP contribution in [0.5, 0.6) is 0 Å². The maximum absolute atomic E-state index is 12.9. The Morgan fingerprint density at radius 2 is 1.18 bits per heavy atom. The van der Waals surface area contributed by atoms with Gasteiger partial charge in [-0.15, -0.1) is 0 Å². The molecule has 0 heterocycles. The topological polar surface area (TPSA) is 146 Å². The first-order valence-electron chi connectivity index (χ1n) is 10.7. The lowest BCUT2D eigenvalue weighted by atomic mass is 10.0. The molecule has 0 radical (unpaired) electrons. The Kier molecular flexibility index (Phi) is 9.41. The van der Waals surface area contributed by atoms with E-state index in [1.807, 2.05) is 0 Å². The molecule has 0 aliphatic heterocycles. The minimum atomic E-state index is -1.58. The number of carbonyl (C=O) groups is 5. The van der Waals surface area contributed by atoms with E-state index in [2.05, 4.69) is 10.6 Å². The van der Waals surface area contributed by atoms with E-state index in [0.29, 0.717) is 0 Å². The first kappa shape index (κ1) is 28.3. The van der Waals surface area contributed by atoms with Crippen LogP contribution in [-0.2, 0) is 42.9 Å². The van der Waals surface area contributed by atoms with Crippen molar-refractivity contribution in [2.24, 2.45) is 17.3 Å². The zero-order chi connectivity index (χ0) is 25.6. The van der Waals surface area contributed by atoms with E-state index in [9.17, 15) is 24.0 Å². The molecular formula is C22H36N2O9. The summed E-state index contributed by atoms with van der Waals surface area (Å²) in [6.45, 7) is 10.6. The van der Waals surface area contributed by atoms with Crippen molar-refractivity contribution in [1.82, 2.24) is 10.6 Å². The molecule has 0 saturated heterocycles. The fraction of sp³-hybridized carbons (Fsp3) is 0.773. The lowest BCUT2D eigenvalue weighted by Crippen LogP contribution is -2.38. The van der Waals surface area contributed by atoms with Crippen molar-refractivity contribution in [3.63, 3.8) is 0 Å². The van der Waals surface area contributed by atoms with Gasteiger partial charge in [0.05, 0.1) is 25.0 Å². The second kappa shape index (κ2) is 11.0. The van der Waals surface area contributed by atoms with Crippen LogP contribution in [0.1, 0.15) is 48.5 Å². The summed E-state index contributed by atoms with van der Waals surface area (Å²) in [5, 5.41) is 4.82. The number of esters is 3. The van der Waals surface area contributed by atoms with Crippen LogP contribution < -0.4 is 10.6 Å². The number of nitrogens with one attached hydrogen (secondary N) is 2. The molecule has 1 aliphatic carbocycles. The van der Waals surface area contributed by atoms with E-state index in [1.165, 1.54) is 7.11 Å². The molecule has 1 aliphatic rings. The highest BCUT2D eigenvalue weighted by Crippen LogP contribution is 2.60. The summed E-state index contributed by atoms with van der Waals surface area (Å²) in [5.74, 6) is -5.84. The third-order valence-electron chi connectivity index (χ3n) is 4.59. The summed E-state index contributed by atoms with van der Waals surface area (Å²) >= 11 is 0. The molecule has 1 unspecified atom stereocenters. The Balaban J connectivity index is 2.99. The SMILES string of the molecule is CCOC(=O)C1(COC)[C@H](C(=O)NCC(=O)OC(C)(C)C)[C@@H]1C(=O)NCC(=O)OC(C)(C)C. The summed E-state index contributed by atoms with van der Waals surface area (Å²) in [5.41, 5.74) is -3.06. The monoisotopic (exact) mass is 472 g/mol. The Labute approximate surface area is 194 Å². The predicted molar refractivity (Wildman–Crippen MR) is 116 cm³/mol. The fourth-order valence-electron chi connectivity index (χ4n) is 3.50. The molecule has 2 N–H and O–H groups in total. The normalized spacial score (nSPS) is 22.1. The van der Waals surface area contributed by atoms with Crippen molar-refractivity contribution in [2.45, 2.75) is 59.7 Å². The first-order chi connectivity index (χ1) is 15.1. The van der Waals surface area contributed by atoms with Gasteiger partial charge in [0.1, 0.15) is 29.7 Å². The van der Waals surface area contributed by atoms with Gasteiger partial charge in [-0.1, -0.05) is 0 Å². The smallest absolute Gasteiger partial charge is 0.325 e. The summed E-state index contributed by atoms with van der Waals surface area (Å²) in [6, 6.07) is 0. The summed E-state index contributed by atoms with van der Waals surface area (Å²) in [7, 11) is 1.32. The molecule has 1 fully saturated rings. The second-order valence-electron chi connectivity index (χ2n) is 9.76. The summed E-state index contributed by atoms with van der Waals surface area (Å²) < 4.78 is 20.5. The molecule has 33 heavy (non-hydrogen) atoms. The quantitative estimate of drug-likeness (QED) is 0.339. The van der Waals surface area contributed by atoms with Gasteiger partial charge in [0.2, 0.25) is 11.8 Å². The molecule has 3 atom stereocenters. The number of ether oxygens (including phenoxy) is 4. The maximum atomic E-state index is 12.9. The van der Waals surface area contributed by atoms with E-state index in [4.69, 9.17) is 18.9 Å². The lowest BCUT2D eigenvalue weighted by Gasteiger charge is -2.19. The van der Waals surface area contributed by atoms with Gasteiger partial charge in [-0.25, -0.2) is 0 Å². The maximum Gasteiger partial charge on any atom is 0.325 e.